The van der Waals surface area contributed by atoms with Crippen LogP contribution in [0.15, 0.2) is 24.5 Å². The number of nitrogens with zero attached hydrogens (tertiary/aromatic N) is 2. The highest BCUT2D eigenvalue weighted by Crippen LogP contribution is 2.20. The SMILES string of the molecule is O=C(O)CN(C(=O)Cc1c[nH]c2ncccc12)C1CCOCC1. The van der Waals surface area contributed by atoms with Crippen LogP contribution in [0.2, 0.25) is 0 Å². The van der Waals surface area contributed by atoms with Gasteiger partial charge in [0, 0.05) is 37.0 Å². The highest BCUT2D eigenvalue weighted by molar-refractivity contribution is 5.88. The maximum absolute atomic E-state index is 12.7. The van der Waals surface area contributed by atoms with Gasteiger partial charge in [-0.2, -0.15) is 0 Å². The standard InChI is InChI=1S/C16H19N3O4/c20-14(8-11-9-18-16-13(11)2-1-5-17-16)19(10-15(21)22)12-3-6-23-7-4-12/h1-2,5,9,12H,3-4,6-8,10H2,(H,17,18)(H,21,22). The van der Waals surface area contributed by atoms with E-state index in [1.807, 2.05) is 12.1 Å². The lowest BCUT2D eigenvalue weighted by molar-refractivity contribution is -0.147. The topological polar surface area (TPSA) is 95.5 Å². The number of hydrogen-bond donors (Lipinski definition) is 2. The van der Waals surface area contributed by atoms with Crippen LogP contribution >= 0.6 is 0 Å². The van der Waals surface area contributed by atoms with E-state index in [9.17, 15) is 9.59 Å². The summed E-state index contributed by atoms with van der Waals surface area (Å²) < 4.78 is 5.30. The van der Waals surface area contributed by atoms with Gasteiger partial charge in [0.25, 0.3) is 0 Å². The van der Waals surface area contributed by atoms with E-state index < -0.39 is 5.97 Å². The quantitative estimate of drug-likeness (QED) is 0.864. The van der Waals surface area contributed by atoms with Gasteiger partial charge in [-0.1, -0.05) is 0 Å². The Labute approximate surface area is 133 Å². The Kier molecular flexibility index (Phi) is 4.57. The van der Waals surface area contributed by atoms with Gasteiger partial charge in [-0.25, -0.2) is 4.98 Å². The molecule has 0 bridgehead atoms. The molecule has 1 aliphatic rings. The van der Waals surface area contributed by atoms with Crippen LogP contribution in [0.5, 0.6) is 0 Å². The molecule has 7 nitrogen and oxygen atoms in total. The number of fused-ring (bicyclic) bond motifs is 1. The second kappa shape index (κ2) is 6.78. The van der Waals surface area contributed by atoms with Gasteiger partial charge in [-0.15, -0.1) is 0 Å². The molecule has 3 heterocycles. The highest BCUT2D eigenvalue weighted by atomic mass is 16.5. The zero-order valence-electron chi connectivity index (χ0n) is 12.7. The predicted octanol–water partition coefficient (Wildman–Crippen LogP) is 1.20. The number of ether oxygens (including phenoxy) is 1. The van der Waals surface area contributed by atoms with Gasteiger partial charge in [0.1, 0.15) is 12.2 Å². The number of amides is 1. The third-order valence-electron chi connectivity index (χ3n) is 4.14. The molecule has 2 aromatic rings. The minimum absolute atomic E-state index is 0.0734. The van der Waals surface area contributed by atoms with E-state index in [4.69, 9.17) is 9.84 Å². The van der Waals surface area contributed by atoms with Crippen molar-refractivity contribution in [3.63, 3.8) is 0 Å². The molecule has 0 aliphatic carbocycles. The lowest BCUT2D eigenvalue weighted by atomic mass is 10.0. The third kappa shape index (κ3) is 3.50. The summed E-state index contributed by atoms with van der Waals surface area (Å²) in [5, 5.41) is 10.0. The van der Waals surface area contributed by atoms with Crippen molar-refractivity contribution in [2.24, 2.45) is 0 Å². The molecule has 1 amide bonds. The summed E-state index contributed by atoms with van der Waals surface area (Å²) in [5.41, 5.74) is 1.56. The number of pyridine rings is 1. The molecule has 7 heteroatoms. The molecule has 0 radical (unpaired) electrons. The van der Waals surface area contributed by atoms with Crippen molar-refractivity contribution in [1.82, 2.24) is 14.9 Å². The Morgan fingerprint density at radius 3 is 2.91 bits per heavy atom. The Morgan fingerprint density at radius 1 is 1.39 bits per heavy atom. The van der Waals surface area contributed by atoms with Crippen molar-refractivity contribution in [3.05, 3.63) is 30.1 Å². The van der Waals surface area contributed by atoms with Crippen LogP contribution in [0.1, 0.15) is 18.4 Å². The van der Waals surface area contributed by atoms with Crippen LogP contribution in [-0.4, -0.2) is 57.7 Å². The Hall–Kier alpha value is -2.41. The van der Waals surface area contributed by atoms with Crippen molar-refractivity contribution in [3.8, 4) is 0 Å². The molecule has 1 saturated heterocycles. The van der Waals surface area contributed by atoms with E-state index >= 15 is 0 Å². The fraction of sp³-hybridized carbons (Fsp3) is 0.438. The summed E-state index contributed by atoms with van der Waals surface area (Å²) in [6, 6.07) is 3.64. The van der Waals surface area contributed by atoms with Crippen molar-refractivity contribution in [1.29, 1.82) is 0 Å². The molecule has 0 saturated carbocycles. The van der Waals surface area contributed by atoms with Crippen LogP contribution in [0.25, 0.3) is 11.0 Å². The van der Waals surface area contributed by atoms with Gasteiger partial charge in [0.15, 0.2) is 0 Å². The summed E-state index contributed by atoms with van der Waals surface area (Å²) >= 11 is 0. The number of H-pyrrole nitrogens is 1. The maximum Gasteiger partial charge on any atom is 0.323 e. The van der Waals surface area contributed by atoms with Crippen LogP contribution in [0.3, 0.4) is 0 Å². The number of carbonyl (C=O) groups is 2. The first-order chi connectivity index (χ1) is 11.1. The fourth-order valence-electron chi connectivity index (χ4n) is 2.99. The molecule has 23 heavy (non-hydrogen) atoms. The molecule has 3 rings (SSSR count). The van der Waals surface area contributed by atoms with Gasteiger partial charge >= 0.3 is 5.97 Å². The first kappa shape index (κ1) is 15.5. The molecule has 2 N–H and O–H groups in total. The maximum atomic E-state index is 12.7. The van der Waals surface area contributed by atoms with Gasteiger partial charge in [-0.05, 0) is 30.5 Å². The second-order valence-corrected chi connectivity index (χ2v) is 5.65. The molecule has 0 aromatic carbocycles. The summed E-state index contributed by atoms with van der Waals surface area (Å²) in [6.07, 6.45) is 4.96. The van der Waals surface area contributed by atoms with Crippen molar-refractivity contribution in [2.75, 3.05) is 19.8 Å². The molecule has 2 aromatic heterocycles. The summed E-state index contributed by atoms with van der Waals surface area (Å²) in [4.78, 5) is 32.5. The summed E-state index contributed by atoms with van der Waals surface area (Å²) in [5.74, 6) is -1.17. The predicted molar refractivity (Wildman–Crippen MR) is 83.0 cm³/mol. The molecule has 1 aliphatic heterocycles. The molecule has 1 fully saturated rings. The number of hydrogen-bond acceptors (Lipinski definition) is 4. The average molecular weight is 317 g/mol. The Bertz CT molecular complexity index is 706. The van der Waals surface area contributed by atoms with E-state index in [1.165, 1.54) is 4.90 Å². The van der Waals surface area contributed by atoms with E-state index in [-0.39, 0.29) is 24.9 Å². The van der Waals surface area contributed by atoms with Gasteiger partial charge in [0.05, 0.1) is 6.42 Å². The van der Waals surface area contributed by atoms with Crippen molar-refractivity contribution >= 4 is 22.9 Å². The lowest BCUT2D eigenvalue weighted by Crippen LogP contribution is -2.46. The summed E-state index contributed by atoms with van der Waals surface area (Å²) in [7, 11) is 0. The number of rotatable bonds is 5. The van der Waals surface area contributed by atoms with E-state index in [1.54, 1.807) is 12.4 Å². The number of carboxylic acids is 1. The van der Waals surface area contributed by atoms with Crippen molar-refractivity contribution in [2.45, 2.75) is 25.3 Å². The fourth-order valence-corrected chi connectivity index (χ4v) is 2.99. The van der Waals surface area contributed by atoms with Crippen LogP contribution in [-0.2, 0) is 20.7 Å². The molecule has 0 spiro atoms. The number of nitrogens with one attached hydrogen (secondary N) is 1. The smallest absolute Gasteiger partial charge is 0.323 e. The number of aromatic nitrogens is 2. The first-order valence-electron chi connectivity index (χ1n) is 7.65. The zero-order chi connectivity index (χ0) is 16.2. The lowest BCUT2D eigenvalue weighted by Gasteiger charge is -2.33. The summed E-state index contributed by atoms with van der Waals surface area (Å²) in [6.45, 7) is 0.847. The number of aromatic amines is 1. The largest absolute Gasteiger partial charge is 0.480 e. The molecular weight excluding hydrogens is 298 g/mol. The molecule has 0 atom stereocenters. The number of carbonyl (C=O) groups excluding carboxylic acids is 1. The highest BCUT2D eigenvalue weighted by Gasteiger charge is 2.28. The second-order valence-electron chi connectivity index (χ2n) is 5.65. The molecule has 0 unspecified atom stereocenters. The van der Waals surface area contributed by atoms with Crippen LogP contribution in [0.4, 0.5) is 0 Å². The monoisotopic (exact) mass is 317 g/mol. The zero-order valence-corrected chi connectivity index (χ0v) is 12.7. The Morgan fingerprint density at radius 2 is 2.17 bits per heavy atom. The number of aliphatic carboxylic acids is 1. The Balaban J connectivity index is 1.78. The molecular formula is C16H19N3O4. The third-order valence-corrected chi connectivity index (χ3v) is 4.14. The van der Waals surface area contributed by atoms with Crippen LogP contribution < -0.4 is 0 Å². The van der Waals surface area contributed by atoms with E-state index in [0.29, 0.717) is 26.1 Å². The van der Waals surface area contributed by atoms with Gasteiger partial charge in [0.2, 0.25) is 5.91 Å². The van der Waals surface area contributed by atoms with Crippen LogP contribution in [0, 0.1) is 0 Å². The van der Waals surface area contributed by atoms with Gasteiger partial charge in [-0.3, -0.25) is 9.59 Å². The normalized spacial score (nSPS) is 15.7. The van der Waals surface area contributed by atoms with Crippen molar-refractivity contribution < 1.29 is 19.4 Å². The average Bonchev–Trinajstić information content (AvgIpc) is 2.96. The minimum atomic E-state index is -0.995. The van der Waals surface area contributed by atoms with E-state index in [0.717, 1.165) is 16.6 Å². The first-order valence-corrected chi connectivity index (χ1v) is 7.65. The number of carboxylic acid groups (broad SMARTS) is 1. The van der Waals surface area contributed by atoms with E-state index in [2.05, 4.69) is 9.97 Å². The molecule has 122 valence electrons. The van der Waals surface area contributed by atoms with Gasteiger partial charge < -0.3 is 19.7 Å². The minimum Gasteiger partial charge on any atom is -0.480 e.